The molecular weight excluding hydrogens is 478 g/mol. The van der Waals surface area contributed by atoms with Gasteiger partial charge in [-0.25, -0.2) is 4.98 Å². The molecule has 0 saturated carbocycles. The Hall–Kier alpha value is -3.84. The topological polar surface area (TPSA) is 85.6 Å². The number of fused-ring (bicyclic) bond motifs is 2. The maximum absolute atomic E-state index is 11.5. The zero-order valence-electron chi connectivity index (χ0n) is 22.0. The van der Waals surface area contributed by atoms with Gasteiger partial charge in [-0.3, -0.25) is 9.36 Å². The van der Waals surface area contributed by atoms with Crippen molar-refractivity contribution in [3.05, 3.63) is 82.7 Å². The Labute approximate surface area is 222 Å². The molecule has 0 spiro atoms. The summed E-state index contributed by atoms with van der Waals surface area (Å²) >= 11 is 0. The lowest BCUT2D eigenvalue weighted by Crippen LogP contribution is -2.19. The van der Waals surface area contributed by atoms with E-state index in [1.165, 1.54) is 16.7 Å². The first-order valence-electron chi connectivity index (χ1n) is 13.3. The molecule has 3 heterocycles. The third-order valence-electron chi connectivity index (χ3n) is 8.02. The number of benzene rings is 3. The average Bonchev–Trinajstić information content (AvgIpc) is 3.65. The van der Waals surface area contributed by atoms with Crippen LogP contribution in [0.3, 0.4) is 0 Å². The molecule has 1 aromatic heterocycles. The van der Waals surface area contributed by atoms with Gasteiger partial charge < -0.3 is 19.9 Å². The number of hydrogen-bond acceptors (Lipinski definition) is 5. The van der Waals surface area contributed by atoms with Crippen LogP contribution in [0.25, 0.3) is 16.7 Å². The quantitative estimate of drug-likeness (QED) is 0.303. The lowest BCUT2D eigenvalue weighted by atomic mass is 9.89. The van der Waals surface area contributed by atoms with Crippen LogP contribution in [0, 0.1) is 19.8 Å². The summed E-state index contributed by atoms with van der Waals surface area (Å²) in [5, 5.41) is 13.0. The van der Waals surface area contributed by atoms with E-state index in [-0.39, 0.29) is 12.0 Å². The van der Waals surface area contributed by atoms with Crippen LogP contribution in [0.1, 0.15) is 59.9 Å². The van der Waals surface area contributed by atoms with Crippen LogP contribution in [0.15, 0.2) is 54.6 Å². The van der Waals surface area contributed by atoms with E-state index in [4.69, 9.17) is 14.5 Å². The summed E-state index contributed by atoms with van der Waals surface area (Å²) in [6.45, 7) is 7.82. The highest BCUT2D eigenvalue weighted by Crippen LogP contribution is 2.40. The molecule has 6 rings (SSSR count). The van der Waals surface area contributed by atoms with Crippen LogP contribution >= 0.6 is 0 Å². The molecule has 38 heavy (non-hydrogen) atoms. The molecule has 4 aromatic rings. The van der Waals surface area contributed by atoms with Crippen molar-refractivity contribution in [2.75, 3.05) is 18.5 Å². The Balaban J connectivity index is 1.29. The number of imidazole rings is 1. The molecular formula is C31H33N3O4. The molecule has 2 aliphatic heterocycles. The molecule has 0 amide bonds. The smallest absolute Gasteiger partial charge is 0.306 e. The molecule has 196 valence electrons. The minimum Gasteiger partial charge on any atom is -0.493 e. The van der Waals surface area contributed by atoms with Gasteiger partial charge in [0.1, 0.15) is 17.7 Å². The van der Waals surface area contributed by atoms with Gasteiger partial charge in [-0.15, -0.1) is 0 Å². The van der Waals surface area contributed by atoms with Crippen molar-refractivity contribution in [2.45, 2.75) is 52.2 Å². The standard InChI is InChI=1S/C31H33N3O4/c1-18-9-12-27-25(14-18)33-30(28-8-5-13-37-28)34(27)26-7-4-6-21(19(26)2)16-32-22-10-11-23-24(20(3)31(35)36)17-38-29(23)15-22/h4,6-7,9-12,14-15,20,24,28,32H,5,8,13,16-17H2,1-3H3,(H,35,36)/t20?,24-,28+/m0/s1. The van der Waals surface area contributed by atoms with E-state index in [1.54, 1.807) is 6.92 Å². The first-order chi connectivity index (χ1) is 18.4. The van der Waals surface area contributed by atoms with Crippen molar-refractivity contribution in [2.24, 2.45) is 5.92 Å². The maximum atomic E-state index is 11.5. The molecule has 0 aliphatic carbocycles. The van der Waals surface area contributed by atoms with Crippen molar-refractivity contribution in [3.8, 4) is 11.4 Å². The number of aromatic nitrogens is 2. The monoisotopic (exact) mass is 511 g/mol. The van der Waals surface area contributed by atoms with Gasteiger partial charge >= 0.3 is 5.97 Å². The SMILES string of the molecule is Cc1ccc2c(c1)nc([C@H]1CCCO1)n2-c1cccc(CNc2ccc3c(c2)OC[C@H]3C(C)C(=O)O)c1C. The first-order valence-corrected chi connectivity index (χ1v) is 13.3. The largest absolute Gasteiger partial charge is 0.493 e. The fraction of sp³-hybridized carbons (Fsp3) is 0.355. The zero-order valence-corrected chi connectivity index (χ0v) is 22.0. The summed E-state index contributed by atoms with van der Waals surface area (Å²) in [5.74, 6) is 0.329. The fourth-order valence-electron chi connectivity index (χ4n) is 5.69. The Morgan fingerprint density at radius 3 is 2.84 bits per heavy atom. The molecule has 7 nitrogen and oxygen atoms in total. The van der Waals surface area contributed by atoms with Crippen molar-refractivity contribution in [3.63, 3.8) is 0 Å². The number of rotatable bonds is 7. The molecule has 1 unspecified atom stereocenters. The normalized spacial score (nSPS) is 19.3. The molecule has 1 saturated heterocycles. The molecule has 1 fully saturated rings. The van der Waals surface area contributed by atoms with Gasteiger partial charge in [0.25, 0.3) is 0 Å². The number of nitrogens with zero attached hydrogens (tertiary/aromatic N) is 2. The van der Waals surface area contributed by atoms with Gasteiger partial charge in [-0.05, 0) is 67.6 Å². The van der Waals surface area contributed by atoms with Crippen molar-refractivity contribution in [1.29, 1.82) is 0 Å². The lowest BCUT2D eigenvalue weighted by molar-refractivity contribution is -0.142. The Morgan fingerprint density at radius 2 is 2.05 bits per heavy atom. The molecule has 7 heteroatoms. The molecule has 3 atom stereocenters. The predicted molar refractivity (Wildman–Crippen MR) is 147 cm³/mol. The number of carboxylic acid groups (broad SMARTS) is 1. The number of carbonyl (C=O) groups is 1. The summed E-state index contributed by atoms with van der Waals surface area (Å²) in [4.78, 5) is 16.5. The second-order valence-electron chi connectivity index (χ2n) is 10.5. The summed E-state index contributed by atoms with van der Waals surface area (Å²) < 4.78 is 14.2. The molecule has 3 aromatic carbocycles. The summed E-state index contributed by atoms with van der Waals surface area (Å²) in [7, 11) is 0. The van der Waals surface area contributed by atoms with E-state index in [2.05, 4.69) is 60.1 Å². The van der Waals surface area contributed by atoms with Gasteiger partial charge in [0, 0.05) is 36.4 Å². The van der Waals surface area contributed by atoms with E-state index < -0.39 is 11.9 Å². The highest BCUT2D eigenvalue weighted by molar-refractivity contribution is 5.80. The second-order valence-corrected chi connectivity index (χ2v) is 10.5. The third kappa shape index (κ3) is 4.31. The van der Waals surface area contributed by atoms with E-state index in [0.29, 0.717) is 13.2 Å². The summed E-state index contributed by atoms with van der Waals surface area (Å²) in [5.41, 5.74) is 8.68. The first kappa shape index (κ1) is 24.5. The Kier molecular flexibility index (Phi) is 6.32. The zero-order chi connectivity index (χ0) is 26.4. The summed E-state index contributed by atoms with van der Waals surface area (Å²) in [6, 6.07) is 18.8. The molecule has 2 N–H and O–H groups in total. The molecule has 0 radical (unpaired) electrons. The van der Waals surface area contributed by atoms with Crippen molar-refractivity contribution < 1.29 is 19.4 Å². The number of ether oxygens (including phenoxy) is 2. The van der Waals surface area contributed by atoms with Crippen LogP contribution in [-0.2, 0) is 16.1 Å². The Morgan fingerprint density at radius 1 is 1.18 bits per heavy atom. The lowest BCUT2D eigenvalue weighted by Gasteiger charge is -2.18. The fourth-order valence-corrected chi connectivity index (χ4v) is 5.69. The Bertz CT molecular complexity index is 1520. The molecule has 0 bridgehead atoms. The van der Waals surface area contributed by atoms with Crippen LogP contribution in [0.4, 0.5) is 5.69 Å². The highest BCUT2D eigenvalue weighted by atomic mass is 16.5. The second kappa shape index (κ2) is 9.80. The molecule has 2 aliphatic rings. The summed E-state index contributed by atoms with van der Waals surface area (Å²) in [6.07, 6.45) is 2.04. The van der Waals surface area contributed by atoms with Crippen LogP contribution in [0.2, 0.25) is 0 Å². The maximum Gasteiger partial charge on any atom is 0.306 e. The number of carboxylic acids is 1. The van der Waals surface area contributed by atoms with Gasteiger partial charge in [-0.2, -0.15) is 0 Å². The number of nitrogens with one attached hydrogen (secondary N) is 1. The van der Waals surface area contributed by atoms with E-state index in [1.807, 2.05) is 18.2 Å². The van der Waals surface area contributed by atoms with Gasteiger partial charge in [0.2, 0.25) is 0 Å². The van der Waals surface area contributed by atoms with Gasteiger partial charge in [-0.1, -0.05) is 31.2 Å². The van der Waals surface area contributed by atoms with Gasteiger partial charge in [0.15, 0.2) is 0 Å². The van der Waals surface area contributed by atoms with Crippen molar-refractivity contribution >= 4 is 22.7 Å². The van der Waals surface area contributed by atoms with Crippen LogP contribution < -0.4 is 10.1 Å². The number of aryl methyl sites for hydroxylation is 1. The third-order valence-corrected chi connectivity index (χ3v) is 8.02. The number of hydrogen-bond donors (Lipinski definition) is 2. The average molecular weight is 512 g/mol. The minimum absolute atomic E-state index is 0.00275. The van der Waals surface area contributed by atoms with Crippen LogP contribution in [-0.4, -0.2) is 33.8 Å². The highest BCUT2D eigenvalue weighted by Gasteiger charge is 2.33. The van der Waals surface area contributed by atoms with E-state index >= 15 is 0 Å². The van der Waals surface area contributed by atoms with Crippen molar-refractivity contribution in [1.82, 2.24) is 9.55 Å². The van der Waals surface area contributed by atoms with Crippen LogP contribution in [0.5, 0.6) is 5.75 Å². The van der Waals surface area contributed by atoms with E-state index in [0.717, 1.165) is 59.0 Å². The van der Waals surface area contributed by atoms with E-state index in [9.17, 15) is 9.90 Å². The number of anilines is 1. The predicted octanol–water partition coefficient (Wildman–Crippen LogP) is 6.30. The minimum atomic E-state index is -0.799. The number of aliphatic carboxylic acids is 1. The van der Waals surface area contributed by atoms with Gasteiger partial charge in [0.05, 0.1) is 29.2 Å².